The number of hydrogen-bond acceptors (Lipinski definition) is 4. The van der Waals surface area contributed by atoms with Crippen molar-refractivity contribution in [1.29, 1.82) is 0 Å². The molecular weight excluding hydrogens is 226 g/mol. The van der Waals surface area contributed by atoms with E-state index in [1.54, 1.807) is 6.33 Å². The Balaban J connectivity index is 1.71. The predicted molar refractivity (Wildman–Crippen MR) is 68.0 cm³/mol. The fourth-order valence-corrected chi connectivity index (χ4v) is 2.38. The summed E-state index contributed by atoms with van der Waals surface area (Å²) in [6, 6.07) is 5.97. The maximum Gasteiger partial charge on any atom is 0.133 e. The Morgan fingerprint density at radius 2 is 2.39 bits per heavy atom. The van der Waals surface area contributed by atoms with E-state index in [0.29, 0.717) is 5.92 Å². The maximum absolute atomic E-state index is 4.34. The number of rotatable bonds is 4. The van der Waals surface area contributed by atoms with Crippen LogP contribution < -0.4 is 5.32 Å². The van der Waals surface area contributed by atoms with Gasteiger partial charge in [-0.1, -0.05) is 6.07 Å². The van der Waals surface area contributed by atoms with Crippen LogP contribution in [0.15, 0.2) is 30.7 Å². The minimum atomic E-state index is 0.691. The second-order valence-electron chi connectivity index (χ2n) is 4.76. The van der Waals surface area contributed by atoms with E-state index in [2.05, 4.69) is 25.1 Å². The fraction of sp³-hybridized carbons (Fsp3) is 0.462. The maximum atomic E-state index is 4.34. The molecule has 0 radical (unpaired) electrons. The minimum Gasteiger partial charge on any atom is -0.316 e. The number of nitrogens with zero attached hydrogens (tertiary/aromatic N) is 4. The van der Waals surface area contributed by atoms with Crippen molar-refractivity contribution in [3.05, 3.63) is 42.2 Å². The lowest BCUT2D eigenvalue weighted by Gasteiger charge is -2.09. The van der Waals surface area contributed by atoms with Crippen molar-refractivity contribution in [2.24, 2.45) is 5.92 Å². The monoisotopic (exact) mass is 243 g/mol. The van der Waals surface area contributed by atoms with Crippen LogP contribution in [0.4, 0.5) is 0 Å². The lowest BCUT2D eigenvalue weighted by atomic mass is 10.0. The Kier molecular flexibility index (Phi) is 3.32. The first-order valence-corrected chi connectivity index (χ1v) is 6.39. The molecule has 1 unspecified atom stereocenters. The first-order valence-electron chi connectivity index (χ1n) is 6.39. The molecule has 0 saturated carbocycles. The normalized spacial score (nSPS) is 19.2. The average Bonchev–Trinajstić information content (AvgIpc) is 3.04. The molecule has 3 rings (SSSR count). The van der Waals surface area contributed by atoms with E-state index in [-0.39, 0.29) is 0 Å². The van der Waals surface area contributed by atoms with Gasteiger partial charge in [-0.15, -0.1) is 10.2 Å². The van der Waals surface area contributed by atoms with E-state index in [1.807, 2.05) is 24.4 Å². The molecule has 0 spiro atoms. The van der Waals surface area contributed by atoms with Crippen LogP contribution in [0.25, 0.3) is 0 Å². The molecule has 1 aliphatic heterocycles. The highest BCUT2D eigenvalue weighted by Crippen LogP contribution is 2.14. The Morgan fingerprint density at radius 1 is 1.39 bits per heavy atom. The standard InChI is InChI=1S/C13H17N5/c1-2-5-15-12(3-1)9-18-10-16-17-13(18)7-11-4-6-14-8-11/h1-3,5,10-11,14H,4,6-9H2. The summed E-state index contributed by atoms with van der Waals surface area (Å²) in [7, 11) is 0. The SMILES string of the molecule is c1ccc(Cn2cnnc2CC2CCNC2)nc1. The van der Waals surface area contributed by atoms with Crippen molar-refractivity contribution in [1.82, 2.24) is 25.1 Å². The van der Waals surface area contributed by atoms with E-state index < -0.39 is 0 Å². The van der Waals surface area contributed by atoms with E-state index in [0.717, 1.165) is 37.6 Å². The first-order chi connectivity index (χ1) is 8.92. The van der Waals surface area contributed by atoms with Gasteiger partial charge in [0.05, 0.1) is 12.2 Å². The summed E-state index contributed by atoms with van der Waals surface area (Å²) >= 11 is 0. The van der Waals surface area contributed by atoms with Crippen LogP contribution in [-0.4, -0.2) is 32.8 Å². The highest BCUT2D eigenvalue weighted by molar-refractivity contribution is 5.05. The molecule has 2 aromatic rings. The number of hydrogen-bond donors (Lipinski definition) is 1. The zero-order valence-electron chi connectivity index (χ0n) is 10.3. The third-order valence-electron chi connectivity index (χ3n) is 3.39. The molecule has 0 amide bonds. The van der Waals surface area contributed by atoms with Gasteiger partial charge >= 0.3 is 0 Å². The van der Waals surface area contributed by atoms with Crippen LogP contribution in [0.3, 0.4) is 0 Å². The highest BCUT2D eigenvalue weighted by atomic mass is 15.3. The minimum absolute atomic E-state index is 0.691. The lowest BCUT2D eigenvalue weighted by molar-refractivity contribution is 0.540. The Bertz CT molecular complexity index is 487. The van der Waals surface area contributed by atoms with Crippen molar-refractivity contribution in [2.75, 3.05) is 13.1 Å². The van der Waals surface area contributed by atoms with Crippen LogP contribution in [0, 0.1) is 5.92 Å². The molecule has 1 N–H and O–H groups in total. The summed E-state index contributed by atoms with van der Waals surface area (Å²) in [5.41, 5.74) is 1.04. The molecule has 18 heavy (non-hydrogen) atoms. The third kappa shape index (κ3) is 2.56. The lowest BCUT2D eigenvalue weighted by Crippen LogP contribution is -2.14. The molecule has 5 nitrogen and oxygen atoms in total. The van der Waals surface area contributed by atoms with Crippen molar-refractivity contribution in [3.63, 3.8) is 0 Å². The predicted octanol–water partition coefficient (Wildman–Crippen LogP) is 0.873. The van der Waals surface area contributed by atoms with Crippen molar-refractivity contribution in [3.8, 4) is 0 Å². The van der Waals surface area contributed by atoms with Crippen molar-refractivity contribution < 1.29 is 0 Å². The zero-order chi connectivity index (χ0) is 12.2. The quantitative estimate of drug-likeness (QED) is 0.866. The summed E-state index contributed by atoms with van der Waals surface area (Å²) in [6.07, 6.45) is 5.85. The van der Waals surface area contributed by atoms with Crippen LogP contribution in [0.5, 0.6) is 0 Å². The molecule has 94 valence electrons. The summed E-state index contributed by atoms with van der Waals surface area (Å²) in [4.78, 5) is 4.34. The van der Waals surface area contributed by atoms with Crippen LogP contribution in [-0.2, 0) is 13.0 Å². The molecule has 2 aromatic heterocycles. The summed E-state index contributed by atoms with van der Waals surface area (Å²) < 4.78 is 2.10. The second-order valence-corrected chi connectivity index (χ2v) is 4.76. The fourth-order valence-electron chi connectivity index (χ4n) is 2.38. The van der Waals surface area contributed by atoms with E-state index in [4.69, 9.17) is 0 Å². The molecular formula is C13H17N5. The molecule has 0 aromatic carbocycles. The van der Waals surface area contributed by atoms with Crippen LogP contribution >= 0.6 is 0 Å². The molecule has 1 saturated heterocycles. The average molecular weight is 243 g/mol. The molecule has 0 aliphatic carbocycles. The van der Waals surface area contributed by atoms with Crippen molar-refractivity contribution >= 4 is 0 Å². The Morgan fingerprint density at radius 3 is 3.17 bits per heavy atom. The van der Waals surface area contributed by atoms with E-state index in [1.165, 1.54) is 6.42 Å². The number of nitrogens with one attached hydrogen (secondary N) is 1. The van der Waals surface area contributed by atoms with Gasteiger partial charge in [0.15, 0.2) is 0 Å². The van der Waals surface area contributed by atoms with Gasteiger partial charge in [0.1, 0.15) is 12.2 Å². The van der Waals surface area contributed by atoms with Crippen LogP contribution in [0.2, 0.25) is 0 Å². The first kappa shape index (κ1) is 11.3. The van der Waals surface area contributed by atoms with E-state index >= 15 is 0 Å². The van der Waals surface area contributed by atoms with Gasteiger partial charge < -0.3 is 9.88 Å². The zero-order valence-corrected chi connectivity index (χ0v) is 10.3. The van der Waals surface area contributed by atoms with Gasteiger partial charge in [-0.25, -0.2) is 0 Å². The van der Waals surface area contributed by atoms with Gasteiger partial charge in [0.25, 0.3) is 0 Å². The third-order valence-corrected chi connectivity index (χ3v) is 3.39. The Hall–Kier alpha value is -1.75. The summed E-state index contributed by atoms with van der Waals surface area (Å²) in [5.74, 6) is 1.76. The van der Waals surface area contributed by atoms with Gasteiger partial charge in [-0.2, -0.15) is 0 Å². The highest BCUT2D eigenvalue weighted by Gasteiger charge is 2.17. The molecule has 5 heteroatoms. The van der Waals surface area contributed by atoms with Gasteiger partial charge in [0.2, 0.25) is 0 Å². The van der Waals surface area contributed by atoms with Gasteiger partial charge in [0, 0.05) is 12.6 Å². The number of pyridine rings is 1. The Labute approximate surface area is 106 Å². The topological polar surface area (TPSA) is 55.6 Å². The molecule has 3 heterocycles. The smallest absolute Gasteiger partial charge is 0.133 e. The molecule has 0 bridgehead atoms. The summed E-state index contributed by atoms with van der Waals surface area (Å²) in [5, 5.41) is 11.6. The number of aromatic nitrogens is 4. The second kappa shape index (κ2) is 5.27. The molecule has 1 fully saturated rings. The van der Waals surface area contributed by atoms with Crippen molar-refractivity contribution in [2.45, 2.75) is 19.4 Å². The van der Waals surface area contributed by atoms with E-state index in [9.17, 15) is 0 Å². The largest absolute Gasteiger partial charge is 0.316 e. The van der Waals surface area contributed by atoms with Crippen LogP contribution in [0.1, 0.15) is 17.9 Å². The molecule has 1 atom stereocenters. The summed E-state index contributed by atoms with van der Waals surface area (Å²) in [6.45, 7) is 2.97. The van der Waals surface area contributed by atoms with Gasteiger partial charge in [-0.05, 0) is 37.6 Å². The van der Waals surface area contributed by atoms with Gasteiger partial charge in [-0.3, -0.25) is 4.98 Å². The molecule has 1 aliphatic rings.